The summed E-state index contributed by atoms with van der Waals surface area (Å²) in [4.78, 5) is 0. The highest BCUT2D eigenvalue weighted by Gasteiger charge is 1.88. The summed E-state index contributed by atoms with van der Waals surface area (Å²) in [5, 5.41) is 4.35. The van der Waals surface area contributed by atoms with Crippen LogP contribution >= 0.6 is 11.6 Å². The van der Waals surface area contributed by atoms with Gasteiger partial charge >= 0.3 is 0 Å². The van der Waals surface area contributed by atoms with Crippen LogP contribution in [0.3, 0.4) is 0 Å². The van der Waals surface area contributed by atoms with Gasteiger partial charge < -0.3 is 0 Å². The number of anilines is 1. The van der Waals surface area contributed by atoms with E-state index in [2.05, 4.69) is 10.5 Å². The molecule has 0 radical (unpaired) electrons. The molecule has 0 bridgehead atoms. The minimum Gasteiger partial charge on any atom is -0.277 e. The van der Waals surface area contributed by atoms with E-state index < -0.39 is 0 Å². The fourth-order valence-corrected chi connectivity index (χ4v) is 0.812. The highest BCUT2D eigenvalue weighted by Crippen LogP contribution is 2.08. The Kier molecular flexibility index (Phi) is 3.11. The first-order chi connectivity index (χ1) is 5.68. The molecule has 0 saturated carbocycles. The molecule has 0 aliphatic rings. The summed E-state index contributed by atoms with van der Waals surface area (Å²) in [6.07, 6.45) is 0. The molecule has 1 rings (SSSR count). The van der Waals surface area contributed by atoms with Crippen molar-refractivity contribution >= 4 is 22.5 Å². The van der Waals surface area contributed by atoms with Crippen molar-refractivity contribution in [2.24, 2.45) is 5.10 Å². The number of hydrazone groups is 1. The third-order valence-electron chi connectivity index (χ3n) is 1.39. The van der Waals surface area contributed by atoms with Crippen molar-refractivity contribution in [2.45, 2.75) is 13.8 Å². The lowest BCUT2D eigenvalue weighted by molar-refractivity contribution is 1.33. The molecule has 64 valence electrons. The van der Waals surface area contributed by atoms with Gasteiger partial charge in [0.25, 0.3) is 0 Å². The number of aryl methyl sites for hydroxylation is 1. The summed E-state index contributed by atoms with van der Waals surface area (Å²) in [5.74, 6) is 0. The largest absolute Gasteiger partial charge is 0.277 e. The number of hydrogen-bond acceptors (Lipinski definition) is 2. The third kappa shape index (κ3) is 2.93. The zero-order valence-corrected chi connectivity index (χ0v) is 7.89. The van der Waals surface area contributed by atoms with E-state index >= 15 is 0 Å². The molecule has 0 unspecified atom stereocenters. The number of hydrogen-bond donors (Lipinski definition) is 1. The van der Waals surface area contributed by atoms with E-state index in [1.165, 1.54) is 5.56 Å². The molecular formula is C9H11ClN2. The predicted octanol–water partition coefficient (Wildman–Crippen LogP) is 2.98. The first-order valence-corrected chi connectivity index (χ1v) is 4.09. The number of halogens is 1. The summed E-state index contributed by atoms with van der Waals surface area (Å²) in [6.45, 7) is 3.77. The second-order valence-corrected chi connectivity index (χ2v) is 3.13. The second kappa shape index (κ2) is 4.12. The first kappa shape index (κ1) is 9.07. The summed E-state index contributed by atoms with van der Waals surface area (Å²) in [6, 6.07) is 7.94. The Labute approximate surface area is 77.2 Å². The van der Waals surface area contributed by atoms with E-state index in [0.29, 0.717) is 5.17 Å². The molecule has 0 fully saturated rings. The second-order valence-electron chi connectivity index (χ2n) is 2.59. The third-order valence-corrected chi connectivity index (χ3v) is 1.48. The molecule has 0 aliphatic heterocycles. The van der Waals surface area contributed by atoms with Crippen molar-refractivity contribution in [2.75, 3.05) is 5.43 Å². The van der Waals surface area contributed by atoms with Gasteiger partial charge in [0, 0.05) is 0 Å². The van der Waals surface area contributed by atoms with Crippen molar-refractivity contribution in [3.8, 4) is 0 Å². The van der Waals surface area contributed by atoms with Crippen LogP contribution in [0.2, 0.25) is 0 Å². The average molecular weight is 183 g/mol. The summed E-state index contributed by atoms with van der Waals surface area (Å²) >= 11 is 5.55. The van der Waals surface area contributed by atoms with Crippen LogP contribution in [0.15, 0.2) is 29.4 Å². The SMILES string of the molecule is C/C(Cl)=N/Nc1ccc(C)cc1. The van der Waals surface area contributed by atoms with Gasteiger partial charge in [-0.25, -0.2) is 0 Å². The maximum atomic E-state index is 5.55. The maximum Gasteiger partial charge on any atom is 0.123 e. The Balaban J connectivity index is 2.65. The summed E-state index contributed by atoms with van der Waals surface area (Å²) < 4.78 is 0. The Hall–Kier alpha value is -1.02. The maximum absolute atomic E-state index is 5.55. The van der Waals surface area contributed by atoms with Crippen LogP contribution < -0.4 is 5.43 Å². The van der Waals surface area contributed by atoms with Gasteiger partial charge in [-0.2, -0.15) is 5.10 Å². The van der Waals surface area contributed by atoms with E-state index in [1.807, 2.05) is 31.2 Å². The van der Waals surface area contributed by atoms with Gasteiger partial charge in [0.2, 0.25) is 0 Å². The monoisotopic (exact) mass is 182 g/mol. The normalized spacial score (nSPS) is 11.4. The smallest absolute Gasteiger partial charge is 0.123 e. The van der Waals surface area contributed by atoms with Crippen LogP contribution in [0.4, 0.5) is 5.69 Å². The zero-order valence-electron chi connectivity index (χ0n) is 7.13. The molecule has 2 nitrogen and oxygen atoms in total. The highest BCUT2D eigenvalue weighted by atomic mass is 35.5. The summed E-state index contributed by atoms with van der Waals surface area (Å²) in [5.41, 5.74) is 5.00. The molecule has 0 aromatic heterocycles. The fourth-order valence-electron chi connectivity index (χ4n) is 0.770. The van der Waals surface area contributed by atoms with Crippen LogP contribution in [0.5, 0.6) is 0 Å². The number of benzene rings is 1. The van der Waals surface area contributed by atoms with E-state index in [0.717, 1.165) is 5.69 Å². The standard InChI is InChI=1S/C9H11ClN2/c1-7-3-5-9(6-4-7)12-11-8(2)10/h3-6,12H,1-2H3/b11-8-. The van der Waals surface area contributed by atoms with E-state index in [4.69, 9.17) is 11.6 Å². The number of nitrogens with zero attached hydrogens (tertiary/aromatic N) is 1. The fraction of sp³-hybridized carbons (Fsp3) is 0.222. The molecule has 3 heteroatoms. The molecule has 0 spiro atoms. The minimum atomic E-state index is 0.496. The van der Waals surface area contributed by atoms with Crippen molar-refractivity contribution in [3.05, 3.63) is 29.8 Å². The predicted molar refractivity (Wildman–Crippen MR) is 53.8 cm³/mol. The Morgan fingerprint density at radius 2 is 1.92 bits per heavy atom. The molecule has 1 aromatic carbocycles. The molecule has 0 saturated heterocycles. The van der Waals surface area contributed by atoms with Gasteiger partial charge in [0.05, 0.1) is 5.69 Å². The highest BCUT2D eigenvalue weighted by molar-refractivity contribution is 6.64. The van der Waals surface area contributed by atoms with Gasteiger partial charge in [-0.05, 0) is 26.0 Å². The quantitative estimate of drug-likeness (QED) is 0.552. The lowest BCUT2D eigenvalue weighted by Gasteiger charge is -1.99. The lowest BCUT2D eigenvalue weighted by atomic mass is 10.2. The van der Waals surface area contributed by atoms with Gasteiger partial charge in [-0.1, -0.05) is 29.3 Å². The van der Waals surface area contributed by atoms with Crippen molar-refractivity contribution in [3.63, 3.8) is 0 Å². The van der Waals surface area contributed by atoms with Gasteiger partial charge in [0.1, 0.15) is 5.17 Å². The van der Waals surface area contributed by atoms with Crippen LogP contribution in [-0.4, -0.2) is 5.17 Å². The van der Waals surface area contributed by atoms with E-state index in [9.17, 15) is 0 Å². The van der Waals surface area contributed by atoms with Crippen LogP contribution in [0.1, 0.15) is 12.5 Å². The minimum absolute atomic E-state index is 0.496. The van der Waals surface area contributed by atoms with Gasteiger partial charge in [-0.3, -0.25) is 5.43 Å². The molecule has 1 N–H and O–H groups in total. The van der Waals surface area contributed by atoms with Crippen molar-refractivity contribution in [1.29, 1.82) is 0 Å². The van der Waals surface area contributed by atoms with Gasteiger partial charge in [0.15, 0.2) is 0 Å². The Morgan fingerprint density at radius 3 is 2.42 bits per heavy atom. The lowest BCUT2D eigenvalue weighted by Crippen LogP contribution is -1.90. The van der Waals surface area contributed by atoms with E-state index in [-0.39, 0.29) is 0 Å². The molecule has 1 aromatic rings. The van der Waals surface area contributed by atoms with Crippen molar-refractivity contribution in [1.82, 2.24) is 0 Å². The van der Waals surface area contributed by atoms with E-state index in [1.54, 1.807) is 6.92 Å². The van der Waals surface area contributed by atoms with Crippen LogP contribution in [0.25, 0.3) is 0 Å². The first-order valence-electron chi connectivity index (χ1n) is 3.71. The van der Waals surface area contributed by atoms with Crippen LogP contribution in [-0.2, 0) is 0 Å². The molecule has 12 heavy (non-hydrogen) atoms. The molecule has 0 atom stereocenters. The Bertz CT molecular complexity index is 273. The number of nitrogens with one attached hydrogen (secondary N) is 1. The molecular weight excluding hydrogens is 172 g/mol. The molecule has 0 amide bonds. The Morgan fingerprint density at radius 1 is 1.33 bits per heavy atom. The van der Waals surface area contributed by atoms with Gasteiger partial charge in [-0.15, -0.1) is 0 Å². The average Bonchev–Trinajstić information content (AvgIpc) is 2.03. The van der Waals surface area contributed by atoms with Crippen LogP contribution in [0, 0.1) is 6.92 Å². The number of rotatable bonds is 2. The summed E-state index contributed by atoms with van der Waals surface area (Å²) in [7, 11) is 0. The van der Waals surface area contributed by atoms with Crippen molar-refractivity contribution < 1.29 is 0 Å². The molecule has 0 aliphatic carbocycles. The topological polar surface area (TPSA) is 24.4 Å². The molecule has 0 heterocycles. The zero-order chi connectivity index (χ0) is 8.97.